The van der Waals surface area contributed by atoms with Crippen LogP contribution in [0.25, 0.3) is 32.9 Å². The second-order valence-electron chi connectivity index (χ2n) is 13.1. The van der Waals surface area contributed by atoms with E-state index in [0.29, 0.717) is 51.9 Å². The Balaban J connectivity index is 1.25. The molecule has 4 aliphatic rings. The van der Waals surface area contributed by atoms with Crippen LogP contribution in [0.5, 0.6) is 6.01 Å². The van der Waals surface area contributed by atoms with Gasteiger partial charge in [-0.3, -0.25) is 9.88 Å². The maximum atomic E-state index is 16.6. The van der Waals surface area contributed by atoms with Crippen LogP contribution in [0.4, 0.5) is 14.6 Å². The van der Waals surface area contributed by atoms with E-state index in [-0.39, 0.29) is 27.8 Å². The molecule has 218 valence electrons. The van der Waals surface area contributed by atoms with Crippen LogP contribution in [0, 0.1) is 29.4 Å². The molecule has 2 bridgehead atoms. The largest absolute Gasteiger partial charge is 0.461 e. The molecule has 9 heteroatoms. The van der Waals surface area contributed by atoms with Crippen molar-refractivity contribution in [3.63, 3.8) is 0 Å². The van der Waals surface area contributed by atoms with E-state index >= 15 is 4.39 Å². The van der Waals surface area contributed by atoms with Crippen LogP contribution in [0.15, 0.2) is 36.5 Å². The molecule has 6 nitrogen and oxygen atoms in total. The molecule has 0 radical (unpaired) electrons. The van der Waals surface area contributed by atoms with Crippen LogP contribution in [0.1, 0.15) is 45.4 Å². The highest BCUT2D eigenvalue weighted by Crippen LogP contribution is 2.44. The van der Waals surface area contributed by atoms with Crippen molar-refractivity contribution in [1.82, 2.24) is 19.9 Å². The van der Waals surface area contributed by atoms with Gasteiger partial charge in [-0.2, -0.15) is 9.97 Å². The van der Waals surface area contributed by atoms with Crippen molar-refractivity contribution >= 4 is 39.1 Å². The summed E-state index contributed by atoms with van der Waals surface area (Å²) in [6, 6.07) is 8.52. The van der Waals surface area contributed by atoms with Crippen molar-refractivity contribution in [2.75, 3.05) is 37.7 Å². The molecule has 1 saturated carbocycles. The van der Waals surface area contributed by atoms with Gasteiger partial charge in [-0.15, -0.1) is 0 Å². The first kappa shape index (κ1) is 26.5. The lowest BCUT2D eigenvalue weighted by atomic mass is 9.92. The molecule has 0 spiro atoms. The molecule has 1 aliphatic carbocycles. The van der Waals surface area contributed by atoms with E-state index in [1.54, 1.807) is 24.4 Å². The maximum absolute atomic E-state index is 16.6. The fourth-order valence-corrected chi connectivity index (χ4v) is 8.70. The molecule has 3 unspecified atom stereocenters. The Morgan fingerprint density at radius 3 is 2.74 bits per heavy atom. The first-order chi connectivity index (χ1) is 20.4. The fourth-order valence-electron chi connectivity index (χ4n) is 8.42. The van der Waals surface area contributed by atoms with Gasteiger partial charge in [0.1, 0.15) is 29.5 Å². The van der Waals surface area contributed by atoms with Gasteiger partial charge >= 0.3 is 6.01 Å². The molecular weight excluding hydrogens is 556 g/mol. The van der Waals surface area contributed by atoms with Gasteiger partial charge in [0, 0.05) is 36.8 Å². The highest BCUT2D eigenvalue weighted by atomic mass is 35.5. The number of benzene rings is 2. The number of rotatable bonds is 5. The van der Waals surface area contributed by atoms with Crippen molar-refractivity contribution in [3.05, 3.63) is 53.2 Å². The summed E-state index contributed by atoms with van der Waals surface area (Å²) in [5.74, 6) is 1.41. The van der Waals surface area contributed by atoms with E-state index in [0.717, 1.165) is 45.4 Å². The van der Waals surface area contributed by atoms with Crippen molar-refractivity contribution in [2.24, 2.45) is 17.8 Å². The second kappa shape index (κ2) is 9.98. The number of halogens is 3. The molecule has 42 heavy (non-hydrogen) atoms. The topological polar surface area (TPSA) is 54.4 Å². The lowest BCUT2D eigenvalue weighted by molar-refractivity contribution is 0.107. The highest BCUT2D eigenvalue weighted by molar-refractivity contribution is 6.36. The summed E-state index contributed by atoms with van der Waals surface area (Å²) < 4.78 is 37.6. The third-order valence-corrected chi connectivity index (χ3v) is 10.6. The number of anilines is 1. The van der Waals surface area contributed by atoms with Crippen molar-refractivity contribution in [2.45, 2.75) is 51.0 Å². The Morgan fingerprint density at radius 1 is 1.07 bits per heavy atom. The number of hydrogen-bond donors (Lipinski definition) is 0. The molecule has 3 aliphatic heterocycles. The third kappa shape index (κ3) is 4.24. The van der Waals surface area contributed by atoms with Gasteiger partial charge in [-0.05, 0) is 74.3 Å². The van der Waals surface area contributed by atoms with Crippen LogP contribution in [-0.4, -0.2) is 58.2 Å². The molecule has 4 fully saturated rings. The zero-order valence-corrected chi connectivity index (χ0v) is 24.5. The minimum atomic E-state index is -0.580. The average Bonchev–Trinajstić information content (AvgIpc) is 3.64. The number of nitrogens with zero attached hydrogens (tertiary/aromatic N) is 5. The summed E-state index contributed by atoms with van der Waals surface area (Å²) in [5, 5.41) is 1.66. The van der Waals surface area contributed by atoms with E-state index < -0.39 is 11.6 Å². The molecular formula is C33H34ClF2N5O. The summed E-state index contributed by atoms with van der Waals surface area (Å²) in [6.45, 7) is 6.74. The highest BCUT2D eigenvalue weighted by Gasteiger charge is 2.48. The van der Waals surface area contributed by atoms with Gasteiger partial charge in [-0.25, -0.2) is 8.78 Å². The second-order valence-corrected chi connectivity index (χ2v) is 13.5. The van der Waals surface area contributed by atoms with Crippen LogP contribution in [-0.2, 0) is 0 Å². The molecule has 2 aromatic carbocycles. The quantitative estimate of drug-likeness (QED) is 0.244. The third-order valence-electron chi connectivity index (χ3n) is 10.2. The summed E-state index contributed by atoms with van der Waals surface area (Å²) in [5.41, 5.74) is 0.673. The number of aromatic nitrogens is 3. The van der Waals surface area contributed by atoms with Gasteiger partial charge in [0.25, 0.3) is 0 Å². The van der Waals surface area contributed by atoms with Gasteiger partial charge in [0.05, 0.1) is 15.9 Å². The Kier molecular flexibility index (Phi) is 6.30. The number of hydrogen-bond acceptors (Lipinski definition) is 6. The number of pyridine rings is 1. The minimum absolute atomic E-state index is 0.00610. The van der Waals surface area contributed by atoms with E-state index in [1.807, 2.05) is 6.07 Å². The zero-order valence-electron chi connectivity index (χ0n) is 23.8. The summed E-state index contributed by atoms with van der Waals surface area (Å²) in [7, 11) is 0. The summed E-state index contributed by atoms with van der Waals surface area (Å²) in [4.78, 5) is 19.0. The molecule has 0 amide bonds. The monoisotopic (exact) mass is 589 g/mol. The van der Waals surface area contributed by atoms with Crippen molar-refractivity contribution < 1.29 is 13.5 Å². The number of fused-ring (bicyclic) bond motifs is 5. The fraction of sp³-hybridized carbons (Fsp3) is 0.485. The first-order valence-corrected chi connectivity index (χ1v) is 15.6. The van der Waals surface area contributed by atoms with E-state index in [2.05, 4.69) is 26.7 Å². The van der Waals surface area contributed by atoms with E-state index in [9.17, 15) is 4.39 Å². The lowest BCUT2D eigenvalue weighted by Gasteiger charge is -2.34. The molecule has 2 aromatic heterocycles. The van der Waals surface area contributed by atoms with Crippen LogP contribution in [0.3, 0.4) is 0 Å². The van der Waals surface area contributed by atoms with Crippen LogP contribution >= 0.6 is 11.6 Å². The van der Waals surface area contributed by atoms with Gasteiger partial charge in [0.2, 0.25) is 0 Å². The van der Waals surface area contributed by atoms with Crippen molar-refractivity contribution in [3.8, 4) is 17.3 Å². The predicted octanol–water partition coefficient (Wildman–Crippen LogP) is 7.27. The summed E-state index contributed by atoms with van der Waals surface area (Å²) >= 11 is 6.41. The number of piperidine rings is 1. The standard InChI is InChI=1S/C33H34ClF2N5O/c1-19-13-33(10-3-11-41(33)15-19)18-42-32-38-30-24(31(39-32)40-16-20-6-7-21(12-20)17-40)14-37-29(28(30)36)23-5-2-4-22-8-9-25(35)27(34)26(22)23/h2,4-5,8-9,14,19-21H,3,6-7,10-13,15-18H2,1H3/t19?,20?,21?,33-/m0/s1. The Morgan fingerprint density at radius 2 is 1.90 bits per heavy atom. The van der Waals surface area contributed by atoms with E-state index in [4.69, 9.17) is 21.3 Å². The first-order valence-electron chi connectivity index (χ1n) is 15.2. The summed E-state index contributed by atoms with van der Waals surface area (Å²) in [6.07, 6.45) is 8.69. The van der Waals surface area contributed by atoms with E-state index in [1.165, 1.54) is 25.3 Å². The predicted molar refractivity (Wildman–Crippen MR) is 161 cm³/mol. The maximum Gasteiger partial charge on any atom is 0.319 e. The van der Waals surface area contributed by atoms with Gasteiger partial charge in [-0.1, -0.05) is 42.8 Å². The minimum Gasteiger partial charge on any atom is -0.461 e. The molecule has 3 saturated heterocycles. The average molecular weight is 590 g/mol. The number of ether oxygens (including phenoxy) is 1. The Labute approximate surface area is 249 Å². The smallest absolute Gasteiger partial charge is 0.319 e. The molecule has 5 heterocycles. The van der Waals surface area contributed by atoms with Crippen LogP contribution < -0.4 is 9.64 Å². The molecule has 0 N–H and O–H groups in total. The lowest BCUT2D eigenvalue weighted by Crippen LogP contribution is -2.43. The molecule has 4 atom stereocenters. The van der Waals surface area contributed by atoms with Gasteiger partial charge < -0.3 is 9.64 Å². The Hall–Kier alpha value is -3.10. The molecule has 4 aromatic rings. The SMILES string of the molecule is CC1CN2CCC[C@@]2(COc2nc(N3CC4CCC(C4)C3)c3cnc(-c4cccc5ccc(F)c(Cl)c45)c(F)c3n2)C1. The van der Waals surface area contributed by atoms with Crippen LogP contribution in [0.2, 0.25) is 5.02 Å². The molecule has 8 rings (SSSR count). The van der Waals surface area contributed by atoms with Crippen molar-refractivity contribution in [1.29, 1.82) is 0 Å². The zero-order chi connectivity index (χ0) is 28.6. The normalized spacial score (nSPS) is 27.3. The Bertz CT molecular complexity index is 1710. The van der Waals surface area contributed by atoms with Gasteiger partial charge in [0.15, 0.2) is 5.82 Å².